The second kappa shape index (κ2) is 6.23. The molecular formula is C15H19N3O2. The van der Waals surface area contributed by atoms with Crippen LogP contribution in [0.1, 0.15) is 34.2 Å². The zero-order valence-electron chi connectivity index (χ0n) is 12.0. The number of anilines is 1. The van der Waals surface area contributed by atoms with Crippen molar-refractivity contribution in [1.29, 1.82) is 0 Å². The summed E-state index contributed by atoms with van der Waals surface area (Å²) in [6.07, 6.45) is 0. The summed E-state index contributed by atoms with van der Waals surface area (Å²) in [7, 11) is 0. The van der Waals surface area contributed by atoms with E-state index in [1.807, 2.05) is 32.0 Å². The van der Waals surface area contributed by atoms with Crippen LogP contribution in [0, 0.1) is 13.8 Å². The smallest absolute Gasteiger partial charge is 0.340 e. The van der Waals surface area contributed by atoms with Gasteiger partial charge in [-0.15, -0.1) is 0 Å². The fourth-order valence-electron chi connectivity index (χ4n) is 2.04. The molecule has 20 heavy (non-hydrogen) atoms. The number of para-hydroxylation sites is 1. The summed E-state index contributed by atoms with van der Waals surface area (Å²) in [5.74, 6) is -0.309. The number of carbonyl (C=O) groups is 1. The molecular weight excluding hydrogens is 254 g/mol. The van der Waals surface area contributed by atoms with E-state index in [0.29, 0.717) is 18.7 Å². The van der Waals surface area contributed by atoms with E-state index < -0.39 is 0 Å². The summed E-state index contributed by atoms with van der Waals surface area (Å²) in [5.41, 5.74) is 4.43. The van der Waals surface area contributed by atoms with Gasteiger partial charge in [0.25, 0.3) is 0 Å². The van der Waals surface area contributed by atoms with Gasteiger partial charge in [-0.25, -0.2) is 4.79 Å². The molecule has 0 aliphatic rings. The molecule has 0 radical (unpaired) electrons. The average molecular weight is 273 g/mol. The van der Waals surface area contributed by atoms with Gasteiger partial charge in [-0.2, -0.15) is 5.10 Å². The van der Waals surface area contributed by atoms with Gasteiger partial charge in [0.2, 0.25) is 0 Å². The van der Waals surface area contributed by atoms with Crippen LogP contribution in [0.15, 0.2) is 24.3 Å². The Morgan fingerprint density at radius 2 is 2.10 bits per heavy atom. The molecule has 0 aliphatic heterocycles. The van der Waals surface area contributed by atoms with Gasteiger partial charge in [-0.3, -0.25) is 5.10 Å². The summed E-state index contributed by atoms with van der Waals surface area (Å²) in [6.45, 7) is 6.72. The van der Waals surface area contributed by atoms with Crippen LogP contribution < -0.4 is 5.32 Å². The van der Waals surface area contributed by atoms with Gasteiger partial charge in [0.1, 0.15) is 0 Å². The Balaban J connectivity index is 2.16. The van der Waals surface area contributed by atoms with E-state index >= 15 is 0 Å². The van der Waals surface area contributed by atoms with Crippen molar-refractivity contribution in [3.8, 4) is 0 Å². The van der Waals surface area contributed by atoms with Crippen LogP contribution in [0.25, 0.3) is 0 Å². The quantitative estimate of drug-likeness (QED) is 0.822. The summed E-state index contributed by atoms with van der Waals surface area (Å²) in [5, 5.41) is 10.4. The number of aromatic amines is 1. The van der Waals surface area contributed by atoms with E-state index in [-0.39, 0.29) is 5.97 Å². The molecule has 5 heteroatoms. The zero-order chi connectivity index (χ0) is 14.5. The normalized spacial score (nSPS) is 10.3. The minimum atomic E-state index is -0.309. The highest BCUT2D eigenvalue weighted by Crippen LogP contribution is 2.18. The molecule has 0 unspecified atom stereocenters. The highest BCUT2D eigenvalue weighted by Gasteiger charge is 2.12. The maximum atomic E-state index is 11.9. The predicted octanol–water partition coefficient (Wildman–Crippen LogP) is 2.82. The van der Waals surface area contributed by atoms with Crippen molar-refractivity contribution in [2.24, 2.45) is 0 Å². The molecule has 0 spiro atoms. The average Bonchev–Trinajstić information content (AvgIpc) is 2.76. The summed E-state index contributed by atoms with van der Waals surface area (Å²) in [4.78, 5) is 11.9. The lowest BCUT2D eigenvalue weighted by atomic mass is 10.1. The third-order valence-electron chi connectivity index (χ3n) is 3.16. The van der Waals surface area contributed by atoms with Gasteiger partial charge in [0, 0.05) is 23.5 Å². The topological polar surface area (TPSA) is 67.0 Å². The van der Waals surface area contributed by atoms with Crippen LogP contribution in [0.5, 0.6) is 0 Å². The Kier molecular flexibility index (Phi) is 4.40. The Labute approximate surface area is 118 Å². The third kappa shape index (κ3) is 2.99. The van der Waals surface area contributed by atoms with E-state index in [1.165, 1.54) is 0 Å². The van der Waals surface area contributed by atoms with Crippen molar-refractivity contribution in [3.63, 3.8) is 0 Å². The van der Waals surface area contributed by atoms with Gasteiger partial charge in [0.05, 0.1) is 17.9 Å². The molecule has 0 atom stereocenters. The molecule has 1 aromatic heterocycles. The number of hydrogen-bond donors (Lipinski definition) is 2. The van der Waals surface area contributed by atoms with E-state index in [0.717, 1.165) is 22.6 Å². The Morgan fingerprint density at radius 1 is 1.35 bits per heavy atom. The molecule has 2 aromatic rings. The summed E-state index contributed by atoms with van der Waals surface area (Å²) >= 11 is 0. The standard InChI is InChI=1S/C15H19N3O2/c1-4-20-15(19)12-7-5-6-8-14(12)16-9-13-10(2)17-18-11(13)3/h5-8,16H,4,9H2,1-3H3,(H,17,18). The first-order chi connectivity index (χ1) is 9.63. The highest BCUT2D eigenvalue weighted by atomic mass is 16.5. The van der Waals surface area contributed by atoms with E-state index in [9.17, 15) is 4.79 Å². The first kappa shape index (κ1) is 14.1. The first-order valence-electron chi connectivity index (χ1n) is 6.64. The molecule has 1 aromatic carbocycles. The maximum Gasteiger partial charge on any atom is 0.340 e. The van der Waals surface area contributed by atoms with Crippen molar-refractivity contribution in [2.75, 3.05) is 11.9 Å². The number of nitrogens with one attached hydrogen (secondary N) is 2. The largest absolute Gasteiger partial charge is 0.462 e. The molecule has 0 bridgehead atoms. The molecule has 0 aliphatic carbocycles. The van der Waals surface area contributed by atoms with E-state index in [1.54, 1.807) is 13.0 Å². The van der Waals surface area contributed by atoms with Crippen molar-refractivity contribution in [2.45, 2.75) is 27.3 Å². The molecule has 106 valence electrons. The second-order valence-corrected chi connectivity index (χ2v) is 4.53. The number of aryl methyl sites for hydroxylation is 2. The van der Waals surface area contributed by atoms with E-state index in [2.05, 4.69) is 15.5 Å². The predicted molar refractivity (Wildman–Crippen MR) is 77.8 cm³/mol. The van der Waals surface area contributed by atoms with Gasteiger partial charge < -0.3 is 10.1 Å². The van der Waals surface area contributed by atoms with Crippen LogP contribution in [0.4, 0.5) is 5.69 Å². The Hall–Kier alpha value is -2.30. The highest BCUT2D eigenvalue weighted by molar-refractivity contribution is 5.95. The van der Waals surface area contributed by atoms with Crippen molar-refractivity contribution >= 4 is 11.7 Å². The Bertz CT molecular complexity index is 585. The molecule has 5 nitrogen and oxygen atoms in total. The Morgan fingerprint density at radius 3 is 2.75 bits per heavy atom. The third-order valence-corrected chi connectivity index (χ3v) is 3.16. The van der Waals surface area contributed by atoms with Crippen LogP contribution in [-0.4, -0.2) is 22.8 Å². The summed E-state index contributed by atoms with van der Waals surface area (Å²) in [6, 6.07) is 7.35. The number of esters is 1. The number of rotatable bonds is 5. The lowest BCUT2D eigenvalue weighted by molar-refractivity contribution is 0.0527. The monoisotopic (exact) mass is 273 g/mol. The number of carbonyl (C=O) groups excluding carboxylic acids is 1. The van der Waals surface area contributed by atoms with E-state index in [4.69, 9.17) is 4.74 Å². The maximum absolute atomic E-state index is 11.9. The second-order valence-electron chi connectivity index (χ2n) is 4.53. The van der Waals surface area contributed by atoms with Crippen LogP contribution in [0.3, 0.4) is 0 Å². The minimum Gasteiger partial charge on any atom is -0.462 e. The molecule has 2 N–H and O–H groups in total. The molecule has 0 saturated heterocycles. The van der Waals surface area contributed by atoms with Crippen LogP contribution >= 0.6 is 0 Å². The molecule has 2 rings (SSSR count). The van der Waals surface area contributed by atoms with Crippen molar-refractivity contribution in [1.82, 2.24) is 10.2 Å². The first-order valence-corrected chi connectivity index (χ1v) is 6.64. The lowest BCUT2D eigenvalue weighted by Gasteiger charge is -2.11. The van der Waals surface area contributed by atoms with Crippen LogP contribution in [-0.2, 0) is 11.3 Å². The molecule has 0 amide bonds. The number of hydrogen-bond acceptors (Lipinski definition) is 4. The van der Waals surface area contributed by atoms with Crippen molar-refractivity contribution < 1.29 is 9.53 Å². The number of aromatic nitrogens is 2. The fourth-order valence-corrected chi connectivity index (χ4v) is 2.04. The molecule has 0 saturated carbocycles. The minimum absolute atomic E-state index is 0.309. The fraction of sp³-hybridized carbons (Fsp3) is 0.333. The zero-order valence-corrected chi connectivity index (χ0v) is 12.0. The molecule has 1 heterocycles. The molecule has 0 fully saturated rings. The SMILES string of the molecule is CCOC(=O)c1ccccc1NCc1c(C)n[nH]c1C. The lowest BCUT2D eigenvalue weighted by Crippen LogP contribution is -2.10. The van der Waals surface area contributed by atoms with Gasteiger partial charge in [-0.05, 0) is 32.9 Å². The number of nitrogens with zero attached hydrogens (tertiary/aromatic N) is 1. The van der Waals surface area contributed by atoms with Gasteiger partial charge >= 0.3 is 5.97 Å². The van der Waals surface area contributed by atoms with Crippen LogP contribution in [0.2, 0.25) is 0 Å². The number of H-pyrrole nitrogens is 1. The van der Waals surface area contributed by atoms with Crippen molar-refractivity contribution in [3.05, 3.63) is 46.8 Å². The summed E-state index contributed by atoms with van der Waals surface area (Å²) < 4.78 is 5.06. The van der Waals surface area contributed by atoms with Gasteiger partial charge in [-0.1, -0.05) is 12.1 Å². The van der Waals surface area contributed by atoms with Gasteiger partial charge in [0.15, 0.2) is 0 Å². The number of benzene rings is 1. The number of ether oxygens (including phenoxy) is 1.